The van der Waals surface area contributed by atoms with Crippen molar-refractivity contribution in [3.8, 4) is 0 Å². The third-order valence-electron chi connectivity index (χ3n) is 4.67. The molecule has 0 spiro atoms. The van der Waals surface area contributed by atoms with Gasteiger partial charge in [-0.1, -0.05) is 18.2 Å². The Labute approximate surface area is 160 Å². The van der Waals surface area contributed by atoms with Gasteiger partial charge < -0.3 is 5.73 Å². The third kappa shape index (κ3) is 3.27. The van der Waals surface area contributed by atoms with Crippen LogP contribution in [-0.2, 0) is 16.4 Å². The summed E-state index contributed by atoms with van der Waals surface area (Å²) in [4.78, 5) is 8.32. The maximum absolute atomic E-state index is 13.2. The second kappa shape index (κ2) is 6.50. The highest BCUT2D eigenvalue weighted by Crippen LogP contribution is 2.30. The lowest BCUT2D eigenvalue weighted by atomic mass is 9.92. The van der Waals surface area contributed by atoms with Crippen LogP contribution in [-0.4, -0.2) is 40.5 Å². The molecule has 1 aromatic carbocycles. The standard InChI is InChI=1S/C18H17FN6O2S/c19-15-4-1-12(2-5-15)7-18(28(21,26)27)8-14(9-22-11-18)13-3-6-16-23-17(20)24-25(16)10-13/h1-6,8-10H,7,11H2,(H2,20,24)(H2,21,26,27). The molecule has 0 bridgehead atoms. The summed E-state index contributed by atoms with van der Waals surface area (Å²) in [5, 5.41) is 9.66. The molecule has 0 fully saturated rings. The van der Waals surface area contributed by atoms with Crippen molar-refractivity contribution in [1.29, 1.82) is 0 Å². The van der Waals surface area contributed by atoms with Crippen molar-refractivity contribution in [2.45, 2.75) is 11.2 Å². The first kappa shape index (κ1) is 18.3. The van der Waals surface area contributed by atoms with E-state index in [9.17, 15) is 12.8 Å². The summed E-state index contributed by atoms with van der Waals surface area (Å²) < 4.78 is 38.3. The second-order valence-electron chi connectivity index (χ2n) is 6.67. The molecular weight excluding hydrogens is 383 g/mol. The zero-order chi connectivity index (χ0) is 19.9. The molecule has 0 radical (unpaired) electrons. The first-order chi connectivity index (χ1) is 13.3. The van der Waals surface area contributed by atoms with Crippen LogP contribution in [0.4, 0.5) is 10.3 Å². The molecule has 28 heavy (non-hydrogen) atoms. The van der Waals surface area contributed by atoms with E-state index in [1.54, 1.807) is 42.8 Å². The lowest BCUT2D eigenvalue weighted by Crippen LogP contribution is -2.47. The SMILES string of the molecule is Nc1nc2ccc(C3=CC(Cc4ccc(F)cc4)(S(N)(=O)=O)CN=C3)cn2n1. The molecule has 1 aliphatic rings. The Morgan fingerprint density at radius 3 is 2.64 bits per heavy atom. The van der Waals surface area contributed by atoms with E-state index in [0.717, 1.165) is 0 Å². The first-order valence-electron chi connectivity index (χ1n) is 8.38. The highest BCUT2D eigenvalue weighted by Gasteiger charge is 2.41. The number of primary sulfonamides is 1. The molecule has 144 valence electrons. The summed E-state index contributed by atoms with van der Waals surface area (Å²) >= 11 is 0. The molecule has 4 rings (SSSR count). The monoisotopic (exact) mass is 400 g/mol. The molecule has 0 saturated carbocycles. The number of allylic oxidation sites excluding steroid dienone is 1. The number of fused-ring (bicyclic) bond motifs is 1. The molecule has 4 N–H and O–H groups in total. The predicted molar refractivity (Wildman–Crippen MR) is 105 cm³/mol. The molecule has 2 aromatic heterocycles. The Kier molecular flexibility index (Phi) is 4.24. The molecule has 10 heteroatoms. The molecule has 1 unspecified atom stereocenters. The van der Waals surface area contributed by atoms with Crippen LogP contribution < -0.4 is 10.9 Å². The maximum Gasteiger partial charge on any atom is 0.240 e. The second-order valence-corrected chi connectivity index (χ2v) is 8.58. The van der Waals surface area contributed by atoms with Gasteiger partial charge in [0.15, 0.2) is 5.65 Å². The zero-order valence-electron chi connectivity index (χ0n) is 14.7. The lowest BCUT2D eigenvalue weighted by Gasteiger charge is -2.30. The Hall–Kier alpha value is -3.11. The van der Waals surface area contributed by atoms with Crippen molar-refractivity contribution in [1.82, 2.24) is 14.6 Å². The number of aromatic nitrogens is 3. The Bertz CT molecular complexity index is 1220. The number of nitrogens with zero attached hydrogens (tertiary/aromatic N) is 4. The van der Waals surface area contributed by atoms with Crippen molar-refractivity contribution in [3.05, 3.63) is 65.6 Å². The number of anilines is 1. The van der Waals surface area contributed by atoms with Crippen LogP contribution in [0.15, 0.2) is 53.7 Å². The van der Waals surface area contributed by atoms with Gasteiger partial charge in [-0.15, -0.1) is 5.10 Å². The first-order valence-corrected chi connectivity index (χ1v) is 9.92. The number of aliphatic imine (C=N–C) groups is 1. The number of hydrogen-bond donors (Lipinski definition) is 2. The fourth-order valence-electron chi connectivity index (χ4n) is 3.22. The van der Waals surface area contributed by atoms with Gasteiger partial charge in [-0.3, -0.25) is 4.99 Å². The van der Waals surface area contributed by atoms with Gasteiger partial charge in [0.05, 0.1) is 6.54 Å². The average Bonchev–Trinajstić information content (AvgIpc) is 3.02. The number of pyridine rings is 1. The normalized spacial score (nSPS) is 19.7. The Balaban J connectivity index is 1.79. The van der Waals surface area contributed by atoms with E-state index in [-0.39, 0.29) is 18.9 Å². The quantitative estimate of drug-likeness (QED) is 0.680. The molecule has 1 atom stereocenters. The van der Waals surface area contributed by atoms with Crippen LogP contribution in [0, 0.1) is 5.82 Å². The Morgan fingerprint density at radius 2 is 1.93 bits per heavy atom. The average molecular weight is 400 g/mol. The van der Waals surface area contributed by atoms with E-state index in [0.29, 0.717) is 22.3 Å². The minimum atomic E-state index is -4.01. The minimum absolute atomic E-state index is 0.0226. The molecule has 3 aromatic rings. The molecule has 3 heterocycles. The van der Waals surface area contributed by atoms with Gasteiger partial charge >= 0.3 is 0 Å². The van der Waals surface area contributed by atoms with E-state index in [2.05, 4.69) is 15.1 Å². The van der Waals surface area contributed by atoms with E-state index in [1.165, 1.54) is 16.6 Å². The Morgan fingerprint density at radius 1 is 1.18 bits per heavy atom. The third-order valence-corrected chi connectivity index (χ3v) is 6.20. The molecule has 0 amide bonds. The van der Waals surface area contributed by atoms with Crippen molar-refractivity contribution in [2.24, 2.45) is 10.1 Å². The van der Waals surface area contributed by atoms with E-state index >= 15 is 0 Å². The molecule has 1 aliphatic heterocycles. The topological polar surface area (TPSA) is 129 Å². The van der Waals surface area contributed by atoms with Gasteiger partial charge in [-0.05, 0) is 41.8 Å². The smallest absolute Gasteiger partial charge is 0.240 e. The van der Waals surface area contributed by atoms with Crippen molar-refractivity contribution in [3.63, 3.8) is 0 Å². The van der Waals surface area contributed by atoms with Crippen LogP contribution >= 0.6 is 0 Å². The fourth-order valence-corrected chi connectivity index (χ4v) is 4.13. The zero-order valence-corrected chi connectivity index (χ0v) is 15.5. The number of hydrogen-bond acceptors (Lipinski definition) is 6. The summed E-state index contributed by atoms with van der Waals surface area (Å²) in [6.45, 7) is -0.0226. The van der Waals surface area contributed by atoms with Gasteiger partial charge in [0.25, 0.3) is 0 Å². The van der Waals surface area contributed by atoms with Gasteiger partial charge in [-0.2, -0.15) is 4.98 Å². The van der Waals surface area contributed by atoms with Crippen molar-refractivity contribution < 1.29 is 12.8 Å². The van der Waals surface area contributed by atoms with Crippen LogP contribution in [0.2, 0.25) is 0 Å². The largest absolute Gasteiger partial charge is 0.366 e. The number of benzene rings is 1. The number of nitrogens with two attached hydrogens (primary N) is 2. The molecular formula is C18H17FN6O2S. The molecule has 0 aliphatic carbocycles. The van der Waals surface area contributed by atoms with Crippen molar-refractivity contribution >= 4 is 33.4 Å². The van der Waals surface area contributed by atoms with Crippen molar-refractivity contribution in [2.75, 3.05) is 12.3 Å². The number of sulfonamides is 1. The van der Waals surface area contributed by atoms with Gasteiger partial charge in [-0.25, -0.2) is 22.5 Å². The van der Waals surface area contributed by atoms with Gasteiger partial charge in [0.2, 0.25) is 16.0 Å². The lowest BCUT2D eigenvalue weighted by molar-refractivity contribution is 0.551. The van der Waals surface area contributed by atoms with Crippen LogP contribution in [0.3, 0.4) is 0 Å². The highest BCUT2D eigenvalue weighted by molar-refractivity contribution is 7.90. The number of rotatable bonds is 4. The summed E-state index contributed by atoms with van der Waals surface area (Å²) in [6, 6.07) is 9.15. The minimum Gasteiger partial charge on any atom is -0.366 e. The van der Waals surface area contributed by atoms with Gasteiger partial charge in [0.1, 0.15) is 10.6 Å². The van der Waals surface area contributed by atoms with Gasteiger partial charge in [0, 0.05) is 18.0 Å². The molecule has 0 saturated heterocycles. The van der Waals surface area contributed by atoms with E-state index in [1.807, 2.05) is 0 Å². The van der Waals surface area contributed by atoms with E-state index in [4.69, 9.17) is 10.9 Å². The number of dihydropyridines is 1. The van der Waals surface area contributed by atoms with E-state index < -0.39 is 20.6 Å². The fraction of sp³-hybridized carbons (Fsp3) is 0.167. The summed E-state index contributed by atoms with van der Waals surface area (Å²) in [6.07, 6.45) is 4.95. The number of nitrogen functional groups attached to an aromatic ring is 1. The van der Waals surface area contributed by atoms with Crippen LogP contribution in [0.25, 0.3) is 11.2 Å². The predicted octanol–water partition coefficient (Wildman–Crippen LogP) is 1.19. The summed E-state index contributed by atoms with van der Waals surface area (Å²) in [5.74, 6) is -0.259. The molecule has 8 nitrogen and oxygen atoms in total. The van der Waals surface area contributed by atoms with Crippen LogP contribution in [0.1, 0.15) is 11.1 Å². The summed E-state index contributed by atoms with van der Waals surface area (Å²) in [5.41, 5.74) is 8.09. The number of halogens is 1. The van der Waals surface area contributed by atoms with Crippen LogP contribution in [0.5, 0.6) is 0 Å². The maximum atomic E-state index is 13.2. The highest BCUT2D eigenvalue weighted by atomic mass is 32.2. The summed E-state index contributed by atoms with van der Waals surface area (Å²) in [7, 11) is -4.01.